The molecule has 0 spiro atoms. The van der Waals surface area contributed by atoms with Gasteiger partial charge in [-0.05, 0) is 12.3 Å². The Morgan fingerprint density at radius 1 is 1.80 bits per heavy atom. The highest BCUT2D eigenvalue weighted by Gasteiger charge is 2.34. The zero-order valence-corrected chi connectivity index (χ0v) is 10.1. The van der Waals surface area contributed by atoms with E-state index in [0.717, 1.165) is 13.0 Å². The molecular formula is C10H13ClN2OS. The van der Waals surface area contributed by atoms with Gasteiger partial charge >= 0.3 is 0 Å². The fourth-order valence-electron chi connectivity index (χ4n) is 1.96. The summed E-state index contributed by atoms with van der Waals surface area (Å²) in [4.78, 5) is 17.9. The Hall–Kier alpha value is -0.610. The van der Waals surface area contributed by atoms with Crippen LogP contribution in [0, 0.1) is 5.92 Å². The molecule has 0 radical (unpaired) electrons. The van der Waals surface area contributed by atoms with Crippen molar-refractivity contribution in [2.45, 2.75) is 19.4 Å². The zero-order valence-electron chi connectivity index (χ0n) is 8.52. The van der Waals surface area contributed by atoms with Crippen molar-refractivity contribution in [1.29, 1.82) is 0 Å². The first-order valence-electron chi connectivity index (χ1n) is 4.99. The number of nitrogens with zero attached hydrogens (tertiary/aromatic N) is 2. The third-order valence-corrected chi connectivity index (χ3v) is 3.86. The van der Waals surface area contributed by atoms with Crippen LogP contribution in [0.3, 0.4) is 0 Å². The third kappa shape index (κ3) is 2.01. The summed E-state index contributed by atoms with van der Waals surface area (Å²) >= 11 is 7.34. The Balaban J connectivity index is 2.14. The molecule has 5 heteroatoms. The van der Waals surface area contributed by atoms with E-state index >= 15 is 0 Å². The maximum absolute atomic E-state index is 12.0. The first-order chi connectivity index (χ1) is 7.24. The topological polar surface area (TPSA) is 33.2 Å². The van der Waals surface area contributed by atoms with Gasteiger partial charge in [-0.15, -0.1) is 22.9 Å². The van der Waals surface area contributed by atoms with E-state index in [2.05, 4.69) is 11.9 Å². The van der Waals surface area contributed by atoms with Crippen LogP contribution in [0.2, 0.25) is 0 Å². The van der Waals surface area contributed by atoms with Crippen molar-refractivity contribution in [3.8, 4) is 0 Å². The number of amides is 1. The third-order valence-electron chi connectivity index (χ3n) is 2.95. The Kier molecular flexibility index (Phi) is 3.26. The number of halogens is 1. The molecule has 0 bridgehead atoms. The molecule has 3 nitrogen and oxygen atoms in total. The van der Waals surface area contributed by atoms with Gasteiger partial charge in [-0.3, -0.25) is 4.79 Å². The van der Waals surface area contributed by atoms with Gasteiger partial charge in [0.05, 0.1) is 5.51 Å². The lowest BCUT2D eigenvalue weighted by atomic mass is 10.1. The van der Waals surface area contributed by atoms with Gasteiger partial charge in [-0.2, -0.15) is 0 Å². The lowest BCUT2D eigenvalue weighted by Crippen LogP contribution is -2.38. The van der Waals surface area contributed by atoms with Crippen molar-refractivity contribution >= 4 is 28.8 Å². The highest BCUT2D eigenvalue weighted by molar-refractivity contribution is 7.07. The van der Waals surface area contributed by atoms with Crippen molar-refractivity contribution in [3.05, 3.63) is 16.6 Å². The van der Waals surface area contributed by atoms with Crippen LogP contribution in [0.4, 0.5) is 0 Å². The first kappa shape index (κ1) is 10.9. The number of carbonyl (C=O) groups excluding carboxylic acids is 1. The number of hydrogen-bond acceptors (Lipinski definition) is 3. The standard InChI is InChI=1S/C10H13ClN2OS/c1-7-2-3-13(9(7)4-11)10(14)8-5-15-6-12-8/h5-7,9H,2-4H2,1H3. The van der Waals surface area contributed by atoms with E-state index in [0.29, 0.717) is 17.5 Å². The quantitative estimate of drug-likeness (QED) is 0.748. The van der Waals surface area contributed by atoms with E-state index in [1.54, 1.807) is 10.9 Å². The van der Waals surface area contributed by atoms with Gasteiger partial charge in [-0.25, -0.2) is 4.98 Å². The molecule has 2 unspecified atom stereocenters. The summed E-state index contributed by atoms with van der Waals surface area (Å²) in [6.45, 7) is 2.94. The monoisotopic (exact) mass is 244 g/mol. The van der Waals surface area contributed by atoms with Crippen LogP contribution in [0.5, 0.6) is 0 Å². The lowest BCUT2D eigenvalue weighted by molar-refractivity contribution is 0.0732. The molecule has 1 aromatic rings. The molecule has 2 atom stereocenters. The summed E-state index contributed by atoms with van der Waals surface area (Å²) in [6, 6.07) is 0.167. The molecule has 2 rings (SSSR count). The van der Waals surface area contributed by atoms with E-state index in [1.165, 1.54) is 11.3 Å². The second-order valence-electron chi connectivity index (χ2n) is 3.86. The van der Waals surface area contributed by atoms with Crippen LogP contribution in [0.25, 0.3) is 0 Å². The molecule has 1 aromatic heterocycles. The molecule has 1 fully saturated rings. The number of likely N-dealkylation sites (tertiary alicyclic amines) is 1. The van der Waals surface area contributed by atoms with Crippen molar-refractivity contribution in [3.63, 3.8) is 0 Å². The molecule has 1 amide bonds. The Morgan fingerprint density at radius 2 is 2.60 bits per heavy atom. The minimum atomic E-state index is 0.0197. The molecule has 0 aromatic carbocycles. The van der Waals surface area contributed by atoms with E-state index in [-0.39, 0.29) is 11.9 Å². The van der Waals surface area contributed by atoms with Crippen LogP contribution < -0.4 is 0 Å². The average Bonchev–Trinajstić information content (AvgIpc) is 2.85. The molecule has 82 valence electrons. The largest absolute Gasteiger partial charge is 0.333 e. The highest BCUT2D eigenvalue weighted by atomic mass is 35.5. The number of hydrogen-bond donors (Lipinski definition) is 0. The minimum Gasteiger partial charge on any atom is -0.333 e. The molecule has 2 heterocycles. The Morgan fingerprint density at radius 3 is 3.20 bits per heavy atom. The Labute approximate surface area is 98.1 Å². The van der Waals surface area contributed by atoms with Crippen LogP contribution in [-0.4, -0.2) is 34.3 Å². The smallest absolute Gasteiger partial charge is 0.273 e. The fraction of sp³-hybridized carbons (Fsp3) is 0.600. The van der Waals surface area contributed by atoms with Gasteiger partial charge in [0.25, 0.3) is 5.91 Å². The number of alkyl halides is 1. The summed E-state index contributed by atoms with van der Waals surface area (Å²) in [6.07, 6.45) is 1.03. The molecule has 0 aliphatic carbocycles. The summed E-state index contributed by atoms with van der Waals surface area (Å²) in [5, 5.41) is 1.79. The first-order valence-corrected chi connectivity index (χ1v) is 6.47. The second-order valence-corrected chi connectivity index (χ2v) is 4.89. The lowest BCUT2D eigenvalue weighted by Gasteiger charge is -2.24. The van der Waals surface area contributed by atoms with Crippen molar-refractivity contribution in [2.24, 2.45) is 5.92 Å². The molecule has 1 aliphatic rings. The van der Waals surface area contributed by atoms with Crippen LogP contribution >= 0.6 is 22.9 Å². The predicted octanol–water partition coefficient (Wildman–Crippen LogP) is 2.23. The van der Waals surface area contributed by atoms with Gasteiger partial charge in [0.1, 0.15) is 5.69 Å². The van der Waals surface area contributed by atoms with E-state index in [1.807, 2.05) is 4.90 Å². The van der Waals surface area contributed by atoms with Crippen molar-refractivity contribution in [1.82, 2.24) is 9.88 Å². The number of thiazole rings is 1. The van der Waals surface area contributed by atoms with Gasteiger partial charge in [0.15, 0.2) is 0 Å². The van der Waals surface area contributed by atoms with E-state index in [9.17, 15) is 4.79 Å². The number of carbonyl (C=O) groups is 1. The highest BCUT2D eigenvalue weighted by Crippen LogP contribution is 2.26. The fourth-order valence-corrected chi connectivity index (χ4v) is 2.96. The number of rotatable bonds is 2. The SMILES string of the molecule is CC1CCN(C(=O)c2cscn2)C1CCl. The predicted molar refractivity (Wildman–Crippen MR) is 61.4 cm³/mol. The van der Waals surface area contributed by atoms with Gasteiger partial charge in [-0.1, -0.05) is 6.92 Å². The molecular weight excluding hydrogens is 232 g/mol. The summed E-state index contributed by atoms with van der Waals surface area (Å²) in [5.74, 6) is 1.02. The summed E-state index contributed by atoms with van der Waals surface area (Å²) < 4.78 is 0. The van der Waals surface area contributed by atoms with E-state index < -0.39 is 0 Å². The van der Waals surface area contributed by atoms with Gasteiger partial charge < -0.3 is 4.90 Å². The Bertz CT molecular complexity index is 341. The molecule has 0 N–H and O–H groups in total. The van der Waals surface area contributed by atoms with E-state index in [4.69, 9.17) is 11.6 Å². The summed E-state index contributed by atoms with van der Waals surface area (Å²) in [5.41, 5.74) is 2.23. The minimum absolute atomic E-state index is 0.0197. The summed E-state index contributed by atoms with van der Waals surface area (Å²) in [7, 11) is 0. The molecule has 1 saturated heterocycles. The number of aromatic nitrogens is 1. The zero-order chi connectivity index (χ0) is 10.8. The van der Waals surface area contributed by atoms with Crippen LogP contribution in [-0.2, 0) is 0 Å². The van der Waals surface area contributed by atoms with Gasteiger partial charge in [0.2, 0.25) is 0 Å². The molecule has 15 heavy (non-hydrogen) atoms. The maximum Gasteiger partial charge on any atom is 0.273 e. The van der Waals surface area contributed by atoms with Crippen LogP contribution in [0.1, 0.15) is 23.8 Å². The van der Waals surface area contributed by atoms with Gasteiger partial charge in [0, 0.05) is 23.8 Å². The normalized spacial score (nSPS) is 25.9. The van der Waals surface area contributed by atoms with Crippen LogP contribution in [0.15, 0.2) is 10.9 Å². The average molecular weight is 245 g/mol. The van der Waals surface area contributed by atoms with Crippen molar-refractivity contribution < 1.29 is 4.79 Å². The maximum atomic E-state index is 12.0. The van der Waals surface area contributed by atoms with Crippen molar-refractivity contribution in [2.75, 3.05) is 12.4 Å². The molecule has 1 aliphatic heterocycles. The molecule has 0 saturated carbocycles. The second kappa shape index (κ2) is 4.49.